The van der Waals surface area contributed by atoms with E-state index in [1.165, 1.54) is 12.8 Å². The van der Waals surface area contributed by atoms with Crippen LogP contribution in [0.3, 0.4) is 0 Å². The lowest BCUT2D eigenvalue weighted by atomic mass is 9.85. The van der Waals surface area contributed by atoms with Crippen molar-refractivity contribution in [1.82, 2.24) is 10.2 Å². The van der Waals surface area contributed by atoms with E-state index in [0.29, 0.717) is 19.1 Å². The third kappa shape index (κ3) is 4.93. The Balaban J connectivity index is 1.69. The number of nitrogens with one attached hydrogen (secondary N) is 1. The molecule has 2 rings (SSSR count). The maximum absolute atomic E-state index is 12.7. The summed E-state index contributed by atoms with van der Waals surface area (Å²) in [6.07, 6.45) is 6.82. The topological polar surface area (TPSA) is 58.6 Å². The van der Waals surface area contributed by atoms with E-state index in [4.69, 9.17) is 4.74 Å². The van der Waals surface area contributed by atoms with Crippen LogP contribution in [0.25, 0.3) is 0 Å². The molecule has 0 unspecified atom stereocenters. The minimum Gasteiger partial charge on any atom is -0.382 e. The number of hydrogen-bond acceptors (Lipinski definition) is 3. The quantitative estimate of drug-likeness (QED) is 0.731. The molecule has 0 aromatic heterocycles. The second-order valence-corrected chi connectivity index (χ2v) is 7.18. The second-order valence-electron chi connectivity index (χ2n) is 7.18. The van der Waals surface area contributed by atoms with Crippen LogP contribution in [0.2, 0.25) is 0 Å². The van der Waals surface area contributed by atoms with Crippen molar-refractivity contribution in [2.75, 3.05) is 32.8 Å². The number of carbonyl (C=O) groups is 2. The molecular weight excluding hydrogens is 292 g/mol. The molecule has 132 valence electrons. The molecule has 2 fully saturated rings. The highest BCUT2D eigenvalue weighted by Gasteiger charge is 2.40. The number of ether oxygens (including phenoxy) is 1. The summed E-state index contributed by atoms with van der Waals surface area (Å²) in [5.41, 5.74) is -0.144. The molecule has 5 heteroatoms. The maximum Gasteiger partial charge on any atom is 0.228 e. The van der Waals surface area contributed by atoms with E-state index in [1.807, 2.05) is 11.8 Å². The van der Waals surface area contributed by atoms with E-state index in [9.17, 15) is 9.59 Å². The van der Waals surface area contributed by atoms with Gasteiger partial charge in [0.15, 0.2) is 0 Å². The van der Waals surface area contributed by atoms with Crippen LogP contribution in [0.4, 0.5) is 0 Å². The Morgan fingerprint density at radius 3 is 2.48 bits per heavy atom. The van der Waals surface area contributed by atoms with Crippen LogP contribution >= 0.6 is 0 Å². The number of amides is 2. The zero-order valence-corrected chi connectivity index (χ0v) is 14.7. The average molecular weight is 324 g/mol. The summed E-state index contributed by atoms with van der Waals surface area (Å²) in [6, 6.07) is 0. The number of hydrogen-bond donors (Lipinski definition) is 1. The molecule has 0 spiro atoms. The van der Waals surface area contributed by atoms with Crippen molar-refractivity contribution >= 4 is 11.8 Å². The lowest BCUT2D eigenvalue weighted by Gasteiger charge is -2.36. The Kier molecular flexibility index (Phi) is 6.88. The molecule has 5 nitrogen and oxygen atoms in total. The summed E-state index contributed by atoms with van der Waals surface area (Å²) < 4.78 is 5.26. The molecule has 0 aromatic rings. The zero-order valence-electron chi connectivity index (χ0n) is 14.7. The van der Waals surface area contributed by atoms with Gasteiger partial charge in [-0.1, -0.05) is 19.8 Å². The first kappa shape index (κ1) is 18.2. The molecule has 0 radical (unpaired) electrons. The molecule has 23 heavy (non-hydrogen) atoms. The van der Waals surface area contributed by atoms with Crippen molar-refractivity contribution < 1.29 is 14.3 Å². The van der Waals surface area contributed by atoms with Crippen molar-refractivity contribution in [2.24, 2.45) is 11.3 Å². The highest BCUT2D eigenvalue weighted by Crippen LogP contribution is 2.39. The van der Waals surface area contributed by atoms with Gasteiger partial charge in [0.05, 0.1) is 0 Å². The Morgan fingerprint density at radius 2 is 1.87 bits per heavy atom. The third-order valence-corrected chi connectivity index (χ3v) is 5.35. The van der Waals surface area contributed by atoms with Gasteiger partial charge < -0.3 is 15.0 Å². The van der Waals surface area contributed by atoms with Crippen LogP contribution in [-0.4, -0.2) is 49.6 Å². The van der Waals surface area contributed by atoms with Gasteiger partial charge in [-0.15, -0.1) is 0 Å². The Bertz CT molecular complexity index is 397. The molecule has 1 saturated heterocycles. The summed E-state index contributed by atoms with van der Waals surface area (Å²) in [6.45, 7) is 7.63. The minimum absolute atomic E-state index is 0.0579. The van der Waals surface area contributed by atoms with Gasteiger partial charge in [-0.05, 0) is 39.0 Å². The Labute approximate surface area is 140 Å². The van der Waals surface area contributed by atoms with Gasteiger partial charge in [-0.3, -0.25) is 9.59 Å². The van der Waals surface area contributed by atoms with E-state index in [-0.39, 0.29) is 17.2 Å². The normalized spacial score (nSPS) is 21.4. The number of nitrogens with zero attached hydrogens (tertiary/aromatic N) is 1. The van der Waals surface area contributed by atoms with Gasteiger partial charge in [-0.2, -0.15) is 0 Å². The number of likely N-dealkylation sites (tertiary alicyclic amines) is 1. The van der Waals surface area contributed by atoms with Crippen molar-refractivity contribution in [3.8, 4) is 0 Å². The standard InChI is InChI=1S/C18H32N2O3/c1-3-23-14-6-11-19-16(21)15-7-12-20(13-8-15)17(22)18(2)9-4-5-10-18/h15H,3-14H2,1-2H3,(H,19,21). The van der Waals surface area contributed by atoms with Crippen molar-refractivity contribution in [3.05, 3.63) is 0 Å². The summed E-state index contributed by atoms with van der Waals surface area (Å²) >= 11 is 0. The second kappa shape index (κ2) is 8.67. The highest BCUT2D eigenvalue weighted by molar-refractivity contribution is 5.83. The molecule has 0 atom stereocenters. The molecule has 2 amide bonds. The third-order valence-electron chi connectivity index (χ3n) is 5.35. The van der Waals surface area contributed by atoms with Gasteiger partial charge >= 0.3 is 0 Å². The monoisotopic (exact) mass is 324 g/mol. The van der Waals surface area contributed by atoms with E-state index >= 15 is 0 Å². The number of piperidine rings is 1. The SMILES string of the molecule is CCOCCCNC(=O)C1CCN(C(=O)C2(C)CCCC2)CC1. The van der Waals surface area contributed by atoms with Gasteiger partial charge in [0, 0.05) is 44.2 Å². The van der Waals surface area contributed by atoms with Crippen molar-refractivity contribution in [3.63, 3.8) is 0 Å². The molecule has 0 bridgehead atoms. The maximum atomic E-state index is 12.7. The smallest absolute Gasteiger partial charge is 0.228 e. The number of rotatable bonds is 7. The molecule has 1 aliphatic carbocycles. The predicted molar refractivity (Wildman–Crippen MR) is 90.0 cm³/mol. The van der Waals surface area contributed by atoms with Crippen LogP contribution < -0.4 is 5.32 Å². The van der Waals surface area contributed by atoms with E-state index in [2.05, 4.69) is 12.2 Å². The predicted octanol–water partition coefficient (Wildman–Crippen LogP) is 2.35. The lowest BCUT2D eigenvalue weighted by molar-refractivity contribution is -0.144. The largest absolute Gasteiger partial charge is 0.382 e. The summed E-state index contributed by atoms with van der Waals surface area (Å²) in [5, 5.41) is 3.00. The fraction of sp³-hybridized carbons (Fsp3) is 0.889. The summed E-state index contributed by atoms with van der Waals surface area (Å²) in [5.74, 6) is 0.508. The van der Waals surface area contributed by atoms with Crippen molar-refractivity contribution in [1.29, 1.82) is 0 Å². The summed E-state index contributed by atoms with van der Waals surface area (Å²) in [4.78, 5) is 26.8. The summed E-state index contributed by atoms with van der Waals surface area (Å²) in [7, 11) is 0. The highest BCUT2D eigenvalue weighted by atomic mass is 16.5. The van der Waals surface area contributed by atoms with Crippen LogP contribution in [0.1, 0.15) is 58.8 Å². The molecular formula is C18H32N2O3. The van der Waals surface area contributed by atoms with E-state index in [1.54, 1.807) is 0 Å². The first-order chi connectivity index (χ1) is 11.1. The van der Waals surface area contributed by atoms with Crippen LogP contribution in [0.15, 0.2) is 0 Å². The van der Waals surface area contributed by atoms with Gasteiger partial charge in [-0.25, -0.2) is 0 Å². The van der Waals surface area contributed by atoms with Crippen LogP contribution in [-0.2, 0) is 14.3 Å². The van der Waals surface area contributed by atoms with E-state index < -0.39 is 0 Å². The first-order valence-corrected chi connectivity index (χ1v) is 9.21. The molecule has 2 aliphatic rings. The lowest BCUT2D eigenvalue weighted by Crippen LogP contribution is -2.47. The van der Waals surface area contributed by atoms with Crippen LogP contribution in [0.5, 0.6) is 0 Å². The van der Waals surface area contributed by atoms with Crippen LogP contribution in [0, 0.1) is 11.3 Å². The van der Waals surface area contributed by atoms with Gasteiger partial charge in [0.25, 0.3) is 0 Å². The van der Waals surface area contributed by atoms with Gasteiger partial charge in [0.1, 0.15) is 0 Å². The minimum atomic E-state index is -0.144. The Hall–Kier alpha value is -1.10. The molecule has 1 saturated carbocycles. The zero-order chi connectivity index (χ0) is 16.7. The fourth-order valence-corrected chi connectivity index (χ4v) is 3.77. The van der Waals surface area contributed by atoms with Crippen molar-refractivity contribution in [2.45, 2.75) is 58.8 Å². The average Bonchev–Trinajstić information content (AvgIpc) is 3.02. The molecule has 1 N–H and O–H groups in total. The molecule has 0 aromatic carbocycles. The molecule has 1 aliphatic heterocycles. The molecule has 1 heterocycles. The Morgan fingerprint density at radius 1 is 1.22 bits per heavy atom. The van der Waals surface area contributed by atoms with E-state index in [0.717, 1.165) is 51.8 Å². The first-order valence-electron chi connectivity index (χ1n) is 9.21. The number of carbonyl (C=O) groups excluding carboxylic acids is 2. The van der Waals surface area contributed by atoms with Gasteiger partial charge in [0.2, 0.25) is 11.8 Å². The fourth-order valence-electron chi connectivity index (χ4n) is 3.77.